The van der Waals surface area contributed by atoms with E-state index in [-0.39, 0.29) is 5.92 Å². The van der Waals surface area contributed by atoms with Crippen molar-refractivity contribution in [3.8, 4) is 0 Å². The van der Waals surface area contributed by atoms with E-state index < -0.39 is 5.97 Å². The van der Waals surface area contributed by atoms with Gasteiger partial charge in [-0.15, -0.1) is 0 Å². The highest BCUT2D eigenvalue weighted by Crippen LogP contribution is 2.15. The number of hydrazone groups is 1. The van der Waals surface area contributed by atoms with E-state index in [9.17, 15) is 4.79 Å². The molecular formula is C7H13N3O2. The van der Waals surface area contributed by atoms with Gasteiger partial charge >= 0.3 is 5.97 Å². The molecule has 1 rings (SSSR count). The highest BCUT2D eigenvalue weighted by atomic mass is 16.4. The second-order valence-corrected chi connectivity index (χ2v) is 2.91. The second-order valence-electron chi connectivity index (χ2n) is 2.91. The molecule has 68 valence electrons. The molecular weight excluding hydrogens is 158 g/mol. The van der Waals surface area contributed by atoms with Gasteiger partial charge in [-0.3, -0.25) is 4.79 Å². The Balaban J connectivity index is 2.34. The standard InChI is InChI=1S/C7H13N3O2/c8-9-5-10-3-1-6(2-4-10)7(11)12/h5-6H,1-4,8H2,(H,11,12)/b9-5-. The summed E-state index contributed by atoms with van der Waals surface area (Å²) < 4.78 is 0. The Hall–Kier alpha value is -1.26. The Morgan fingerprint density at radius 3 is 2.58 bits per heavy atom. The fourth-order valence-electron chi connectivity index (χ4n) is 1.36. The number of likely N-dealkylation sites (tertiary alicyclic amines) is 1. The lowest BCUT2D eigenvalue weighted by molar-refractivity contribution is -0.142. The van der Waals surface area contributed by atoms with Crippen LogP contribution >= 0.6 is 0 Å². The molecule has 0 bridgehead atoms. The largest absolute Gasteiger partial charge is 0.481 e. The lowest BCUT2D eigenvalue weighted by Gasteiger charge is -2.27. The molecule has 0 radical (unpaired) electrons. The number of nitrogens with two attached hydrogens (primary N) is 1. The van der Waals surface area contributed by atoms with Crippen LogP contribution in [0, 0.1) is 5.92 Å². The van der Waals surface area contributed by atoms with E-state index in [2.05, 4.69) is 5.10 Å². The van der Waals surface area contributed by atoms with Crippen molar-refractivity contribution < 1.29 is 9.90 Å². The first-order chi connectivity index (χ1) is 5.74. The predicted octanol–water partition coefficient (Wildman–Crippen LogP) is -0.315. The zero-order chi connectivity index (χ0) is 8.97. The zero-order valence-electron chi connectivity index (χ0n) is 6.81. The summed E-state index contributed by atoms with van der Waals surface area (Å²) >= 11 is 0. The maximum atomic E-state index is 10.5. The van der Waals surface area contributed by atoms with Crippen molar-refractivity contribution in [3.05, 3.63) is 0 Å². The Kier molecular flexibility index (Phi) is 2.90. The minimum Gasteiger partial charge on any atom is -0.481 e. The van der Waals surface area contributed by atoms with Crippen molar-refractivity contribution in [3.63, 3.8) is 0 Å². The van der Waals surface area contributed by atoms with Gasteiger partial charge in [0.2, 0.25) is 0 Å². The minimum atomic E-state index is -0.695. The molecule has 0 atom stereocenters. The number of carboxylic acid groups (broad SMARTS) is 1. The molecule has 0 spiro atoms. The first kappa shape index (κ1) is 8.83. The fraction of sp³-hybridized carbons (Fsp3) is 0.714. The van der Waals surface area contributed by atoms with Gasteiger partial charge in [0.1, 0.15) is 6.34 Å². The summed E-state index contributed by atoms with van der Waals surface area (Å²) in [7, 11) is 0. The lowest BCUT2D eigenvalue weighted by atomic mass is 9.98. The SMILES string of the molecule is N/N=C\N1CCC(C(=O)O)CC1. The molecule has 1 saturated heterocycles. The smallest absolute Gasteiger partial charge is 0.306 e. The number of aliphatic carboxylic acids is 1. The van der Waals surface area contributed by atoms with Gasteiger partial charge in [0.25, 0.3) is 0 Å². The fourth-order valence-corrected chi connectivity index (χ4v) is 1.36. The van der Waals surface area contributed by atoms with E-state index in [1.54, 1.807) is 6.34 Å². The normalized spacial score (nSPS) is 20.2. The van der Waals surface area contributed by atoms with Crippen LogP contribution < -0.4 is 5.84 Å². The molecule has 0 unspecified atom stereocenters. The summed E-state index contributed by atoms with van der Waals surface area (Å²) in [5, 5.41) is 12.1. The molecule has 0 aliphatic carbocycles. The quantitative estimate of drug-likeness (QED) is 0.258. The maximum Gasteiger partial charge on any atom is 0.306 e. The van der Waals surface area contributed by atoms with E-state index >= 15 is 0 Å². The Morgan fingerprint density at radius 1 is 1.58 bits per heavy atom. The van der Waals surface area contributed by atoms with E-state index in [1.807, 2.05) is 4.90 Å². The first-order valence-corrected chi connectivity index (χ1v) is 3.94. The van der Waals surface area contributed by atoms with Gasteiger partial charge in [-0.1, -0.05) is 0 Å². The molecule has 12 heavy (non-hydrogen) atoms. The van der Waals surface area contributed by atoms with Crippen molar-refractivity contribution in [1.82, 2.24) is 4.90 Å². The third-order valence-electron chi connectivity index (χ3n) is 2.11. The number of piperidine rings is 1. The summed E-state index contributed by atoms with van der Waals surface area (Å²) in [5.41, 5.74) is 0. The highest BCUT2D eigenvalue weighted by molar-refractivity contribution is 5.70. The first-order valence-electron chi connectivity index (χ1n) is 3.94. The molecule has 0 saturated carbocycles. The van der Waals surface area contributed by atoms with E-state index in [0.29, 0.717) is 12.8 Å². The molecule has 0 aromatic heterocycles. The van der Waals surface area contributed by atoms with Crippen molar-refractivity contribution in [2.24, 2.45) is 16.9 Å². The van der Waals surface area contributed by atoms with Gasteiger partial charge in [0.05, 0.1) is 5.92 Å². The molecule has 0 amide bonds. The molecule has 5 heteroatoms. The van der Waals surface area contributed by atoms with Crippen LogP contribution in [0.1, 0.15) is 12.8 Å². The topological polar surface area (TPSA) is 78.9 Å². The average Bonchev–Trinajstić information content (AvgIpc) is 2.06. The summed E-state index contributed by atoms with van der Waals surface area (Å²) in [5.74, 6) is 4.08. The van der Waals surface area contributed by atoms with Gasteiger partial charge in [0.15, 0.2) is 0 Å². The summed E-state index contributed by atoms with van der Waals surface area (Å²) in [4.78, 5) is 12.5. The number of carboxylic acids is 1. The van der Waals surface area contributed by atoms with Crippen LogP contribution in [0.4, 0.5) is 0 Å². The van der Waals surface area contributed by atoms with Crippen LogP contribution in [0.5, 0.6) is 0 Å². The number of hydrogen-bond acceptors (Lipinski definition) is 3. The third-order valence-corrected chi connectivity index (χ3v) is 2.11. The molecule has 0 aromatic carbocycles. The molecule has 1 aliphatic heterocycles. The van der Waals surface area contributed by atoms with Crippen molar-refractivity contribution in [2.75, 3.05) is 13.1 Å². The van der Waals surface area contributed by atoms with Gasteiger partial charge in [-0.2, -0.15) is 5.10 Å². The number of hydrogen-bond donors (Lipinski definition) is 2. The third kappa shape index (κ3) is 2.11. The lowest BCUT2D eigenvalue weighted by Crippen LogP contribution is -2.35. The van der Waals surface area contributed by atoms with Crippen LogP contribution in [-0.2, 0) is 4.79 Å². The predicted molar refractivity (Wildman–Crippen MR) is 44.6 cm³/mol. The van der Waals surface area contributed by atoms with Gasteiger partial charge in [-0.05, 0) is 12.8 Å². The van der Waals surface area contributed by atoms with Crippen molar-refractivity contribution in [2.45, 2.75) is 12.8 Å². The number of rotatable bonds is 2. The van der Waals surface area contributed by atoms with E-state index in [4.69, 9.17) is 10.9 Å². The Morgan fingerprint density at radius 2 is 2.17 bits per heavy atom. The van der Waals surface area contributed by atoms with Gasteiger partial charge < -0.3 is 15.8 Å². The van der Waals surface area contributed by atoms with Crippen molar-refractivity contribution in [1.29, 1.82) is 0 Å². The zero-order valence-corrected chi connectivity index (χ0v) is 6.81. The highest BCUT2D eigenvalue weighted by Gasteiger charge is 2.22. The molecule has 1 aliphatic rings. The monoisotopic (exact) mass is 171 g/mol. The van der Waals surface area contributed by atoms with Crippen LogP contribution in [0.2, 0.25) is 0 Å². The van der Waals surface area contributed by atoms with Crippen LogP contribution in [0.15, 0.2) is 5.10 Å². The molecule has 1 heterocycles. The van der Waals surface area contributed by atoms with Gasteiger partial charge in [-0.25, -0.2) is 0 Å². The average molecular weight is 171 g/mol. The second kappa shape index (κ2) is 3.94. The van der Waals surface area contributed by atoms with E-state index in [1.165, 1.54) is 0 Å². The Bertz CT molecular complexity index is 185. The van der Waals surface area contributed by atoms with Gasteiger partial charge in [0, 0.05) is 13.1 Å². The van der Waals surface area contributed by atoms with Crippen LogP contribution in [0.3, 0.4) is 0 Å². The molecule has 1 fully saturated rings. The molecule has 5 nitrogen and oxygen atoms in total. The van der Waals surface area contributed by atoms with Crippen LogP contribution in [0.25, 0.3) is 0 Å². The minimum absolute atomic E-state index is 0.188. The number of carbonyl (C=O) groups is 1. The summed E-state index contributed by atoms with van der Waals surface area (Å²) in [6, 6.07) is 0. The summed E-state index contributed by atoms with van der Waals surface area (Å²) in [6.07, 6.45) is 2.92. The van der Waals surface area contributed by atoms with Crippen LogP contribution in [-0.4, -0.2) is 35.4 Å². The number of nitrogens with zero attached hydrogens (tertiary/aromatic N) is 2. The summed E-state index contributed by atoms with van der Waals surface area (Å²) in [6.45, 7) is 1.47. The molecule has 0 aromatic rings. The van der Waals surface area contributed by atoms with Crippen molar-refractivity contribution >= 4 is 12.3 Å². The molecule has 3 N–H and O–H groups in total. The Labute approximate surface area is 70.8 Å². The van der Waals surface area contributed by atoms with E-state index in [0.717, 1.165) is 13.1 Å². The maximum absolute atomic E-state index is 10.5.